The van der Waals surface area contributed by atoms with E-state index in [1.54, 1.807) is 48.8 Å². The average Bonchev–Trinajstić information content (AvgIpc) is 3.36. The molecule has 0 spiro atoms. The number of carbonyl (C=O) groups is 2. The molecule has 0 N–H and O–H groups in total. The molecule has 182 valence electrons. The lowest BCUT2D eigenvalue weighted by molar-refractivity contribution is -0.135. The Morgan fingerprint density at radius 1 is 1.17 bits per heavy atom. The highest BCUT2D eigenvalue weighted by Crippen LogP contribution is 2.34. The third-order valence-electron chi connectivity index (χ3n) is 6.21. The van der Waals surface area contributed by atoms with Gasteiger partial charge in [-0.3, -0.25) is 9.59 Å². The number of hydrogen-bond donors (Lipinski definition) is 0. The molecule has 0 unspecified atom stereocenters. The largest absolute Gasteiger partial charge is 0.497 e. The number of nitrogens with zero attached hydrogens (tertiary/aromatic N) is 2. The number of thiophene rings is 1. The lowest BCUT2D eigenvalue weighted by Crippen LogP contribution is -2.47. The van der Waals surface area contributed by atoms with Crippen LogP contribution < -0.4 is 9.47 Å². The van der Waals surface area contributed by atoms with Crippen LogP contribution in [0.2, 0.25) is 0 Å². The van der Waals surface area contributed by atoms with E-state index in [0.29, 0.717) is 24.5 Å². The molecule has 1 aliphatic rings. The zero-order chi connectivity index (χ0) is 24.8. The molecule has 3 aromatic rings. The van der Waals surface area contributed by atoms with Gasteiger partial charge in [0.05, 0.1) is 13.2 Å². The van der Waals surface area contributed by atoms with Gasteiger partial charge in [0.25, 0.3) is 5.91 Å². The molecule has 7 heteroatoms. The fraction of sp³-hybridized carbons (Fsp3) is 0.286. The van der Waals surface area contributed by atoms with E-state index in [2.05, 4.69) is 18.0 Å². The Balaban J connectivity index is 1.52. The second-order valence-electron chi connectivity index (χ2n) is 8.43. The Bertz CT molecular complexity index is 1190. The van der Waals surface area contributed by atoms with Crippen molar-refractivity contribution in [1.82, 2.24) is 9.80 Å². The highest BCUT2D eigenvalue weighted by Gasteiger charge is 2.33. The molecule has 0 fully saturated rings. The van der Waals surface area contributed by atoms with Crippen LogP contribution in [0.15, 0.2) is 72.6 Å². The third-order valence-corrected chi connectivity index (χ3v) is 7.20. The monoisotopic (exact) mass is 490 g/mol. The van der Waals surface area contributed by atoms with Crippen molar-refractivity contribution in [1.29, 1.82) is 0 Å². The van der Waals surface area contributed by atoms with Crippen molar-refractivity contribution in [2.45, 2.75) is 19.4 Å². The number of benzene rings is 2. The number of methoxy groups -OCH3 is 1. The summed E-state index contributed by atoms with van der Waals surface area (Å²) in [7, 11) is 1.58. The van der Waals surface area contributed by atoms with Crippen LogP contribution in [0.3, 0.4) is 0 Å². The summed E-state index contributed by atoms with van der Waals surface area (Å²) in [6.07, 6.45) is 2.44. The van der Waals surface area contributed by atoms with Crippen LogP contribution in [0.5, 0.6) is 11.5 Å². The van der Waals surface area contributed by atoms with Crippen LogP contribution in [0, 0.1) is 6.92 Å². The van der Waals surface area contributed by atoms with Crippen molar-refractivity contribution in [3.8, 4) is 11.5 Å². The summed E-state index contributed by atoms with van der Waals surface area (Å²) in [5, 5.41) is 2.07. The molecule has 2 heterocycles. The van der Waals surface area contributed by atoms with Gasteiger partial charge in [0.15, 0.2) is 0 Å². The fourth-order valence-corrected chi connectivity index (χ4v) is 5.24. The maximum Gasteiger partial charge on any atom is 0.254 e. The Kier molecular flexibility index (Phi) is 7.87. The van der Waals surface area contributed by atoms with Gasteiger partial charge in [-0.25, -0.2) is 0 Å². The first kappa shape index (κ1) is 24.5. The summed E-state index contributed by atoms with van der Waals surface area (Å²) in [6, 6.07) is 16.6. The summed E-state index contributed by atoms with van der Waals surface area (Å²) in [4.78, 5) is 31.4. The number of rotatable bonds is 9. The van der Waals surface area contributed by atoms with Crippen molar-refractivity contribution in [2.24, 2.45) is 0 Å². The number of ether oxygens (including phenoxy) is 2. The Morgan fingerprint density at radius 3 is 2.66 bits per heavy atom. The number of hydrogen-bond acceptors (Lipinski definition) is 5. The smallest absolute Gasteiger partial charge is 0.254 e. The first-order valence-corrected chi connectivity index (χ1v) is 12.5. The quantitative estimate of drug-likeness (QED) is 0.401. The molecule has 0 saturated heterocycles. The standard InChI is InChI=1S/C28H30N2O4S/c1-4-15-29(28(32)21-9-11-22(33-3)12-10-21)18-27(31)30-16-13-26-23(14-17-35-26)24(30)19-34-25-8-6-5-7-20(25)2/h4-12,14,17,24H,1,13,15-16,18-19H2,2-3H3/t24-/m1/s1. The minimum atomic E-state index is -0.221. The molecule has 0 bridgehead atoms. The maximum absolute atomic E-state index is 13.6. The molecule has 35 heavy (non-hydrogen) atoms. The van der Waals surface area contributed by atoms with Crippen LogP contribution in [0.25, 0.3) is 0 Å². The summed E-state index contributed by atoms with van der Waals surface area (Å²) in [6.45, 7) is 6.97. The van der Waals surface area contributed by atoms with E-state index >= 15 is 0 Å². The summed E-state index contributed by atoms with van der Waals surface area (Å²) in [5.41, 5.74) is 2.67. The lowest BCUT2D eigenvalue weighted by atomic mass is 10.00. The van der Waals surface area contributed by atoms with Gasteiger partial charge in [0, 0.05) is 23.5 Å². The topological polar surface area (TPSA) is 59.1 Å². The normalized spacial score (nSPS) is 14.7. The minimum absolute atomic E-state index is 0.0305. The molecule has 0 saturated carbocycles. The molecule has 2 amide bonds. The molecule has 2 aromatic carbocycles. The second kappa shape index (κ2) is 11.2. The van der Waals surface area contributed by atoms with Gasteiger partial charge in [-0.15, -0.1) is 17.9 Å². The van der Waals surface area contributed by atoms with E-state index in [-0.39, 0.29) is 30.9 Å². The van der Waals surface area contributed by atoms with Crippen LogP contribution in [-0.4, -0.2) is 55.0 Å². The molecule has 1 aromatic heterocycles. The van der Waals surface area contributed by atoms with E-state index in [1.165, 1.54) is 9.78 Å². The van der Waals surface area contributed by atoms with Crippen molar-refractivity contribution >= 4 is 23.2 Å². The van der Waals surface area contributed by atoms with Gasteiger partial charge in [-0.2, -0.15) is 0 Å². The SMILES string of the molecule is C=CCN(CC(=O)N1CCc2sccc2[C@H]1COc1ccccc1C)C(=O)c1ccc(OC)cc1. The van der Waals surface area contributed by atoms with E-state index < -0.39 is 0 Å². The van der Waals surface area contributed by atoms with Gasteiger partial charge in [0.2, 0.25) is 5.91 Å². The van der Waals surface area contributed by atoms with Gasteiger partial charge < -0.3 is 19.3 Å². The molecular formula is C28H30N2O4S. The molecule has 0 aliphatic carbocycles. The van der Waals surface area contributed by atoms with Gasteiger partial charge >= 0.3 is 0 Å². The van der Waals surface area contributed by atoms with Crippen LogP contribution in [0.4, 0.5) is 0 Å². The molecular weight excluding hydrogens is 460 g/mol. The van der Waals surface area contributed by atoms with E-state index in [0.717, 1.165) is 23.3 Å². The lowest BCUT2D eigenvalue weighted by Gasteiger charge is -2.37. The second-order valence-corrected chi connectivity index (χ2v) is 9.43. The first-order chi connectivity index (χ1) is 17.0. The Morgan fingerprint density at radius 2 is 1.94 bits per heavy atom. The summed E-state index contributed by atoms with van der Waals surface area (Å²) < 4.78 is 11.4. The molecule has 1 aliphatic heterocycles. The molecule has 4 rings (SSSR count). The van der Waals surface area contributed by atoms with Gasteiger partial charge in [-0.05, 0) is 66.2 Å². The van der Waals surface area contributed by atoms with Crippen molar-refractivity contribution in [2.75, 3.05) is 33.4 Å². The van der Waals surface area contributed by atoms with E-state index in [9.17, 15) is 9.59 Å². The van der Waals surface area contributed by atoms with Gasteiger partial charge in [0.1, 0.15) is 24.7 Å². The van der Waals surface area contributed by atoms with E-state index in [4.69, 9.17) is 9.47 Å². The predicted octanol–water partition coefficient (Wildman–Crippen LogP) is 4.90. The minimum Gasteiger partial charge on any atom is -0.497 e. The molecule has 0 radical (unpaired) electrons. The van der Waals surface area contributed by atoms with Crippen molar-refractivity contribution in [3.05, 3.63) is 94.2 Å². The first-order valence-electron chi connectivity index (χ1n) is 11.6. The Labute approximate surface area is 210 Å². The third kappa shape index (κ3) is 5.57. The van der Waals surface area contributed by atoms with Crippen LogP contribution >= 0.6 is 11.3 Å². The van der Waals surface area contributed by atoms with Gasteiger partial charge in [-0.1, -0.05) is 24.3 Å². The highest BCUT2D eigenvalue weighted by molar-refractivity contribution is 7.10. The van der Waals surface area contributed by atoms with Crippen LogP contribution in [-0.2, 0) is 11.2 Å². The molecule has 6 nitrogen and oxygen atoms in total. The van der Waals surface area contributed by atoms with Crippen LogP contribution in [0.1, 0.15) is 32.4 Å². The van der Waals surface area contributed by atoms with Crippen molar-refractivity contribution in [3.63, 3.8) is 0 Å². The summed E-state index contributed by atoms with van der Waals surface area (Å²) in [5.74, 6) is 1.15. The number of carbonyl (C=O) groups excluding carboxylic acids is 2. The fourth-order valence-electron chi connectivity index (χ4n) is 4.31. The summed E-state index contributed by atoms with van der Waals surface area (Å²) >= 11 is 1.71. The number of para-hydroxylation sites is 1. The zero-order valence-electron chi connectivity index (χ0n) is 20.1. The van der Waals surface area contributed by atoms with Crippen molar-refractivity contribution < 1.29 is 19.1 Å². The number of aryl methyl sites for hydroxylation is 1. The number of amides is 2. The zero-order valence-corrected chi connectivity index (χ0v) is 20.9. The Hall–Kier alpha value is -3.58. The number of fused-ring (bicyclic) bond motifs is 1. The predicted molar refractivity (Wildman–Crippen MR) is 138 cm³/mol. The van der Waals surface area contributed by atoms with E-state index in [1.807, 2.05) is 36.1 Å². The average molecular weight is 491 g/mol. The molecule has 1 atom stereocenters. The maximum atomic E-state index is 13.6. The highest BCUT2D eigenvalue weighted by atomic mass is 32.1.